The Morgan fingerprint density at radius 2 is 2.06 bits per heavy atom. The third kappa shape index (κ3) is 1.96. The van der Waals surface area contributed by atoms with Crippen molar-refractivity contribution in [2.45, 2.75) is 18.9 Å². The SMILES string of the molecule is Cn1cc([C@@H](N)CCCN)c2ccccc21. The monoisotopic (exact) mass is 217 g/mol. The Kier molecular flexibility index (Phi) is 3.27. The van der Waals surface area contributed by atoms with Gasteiger partial charge in [0.25, 0.3) is 0 Å². The largest absolute Gasteiger partial charge is 0.350 e. The number of hydrogen-bond acceptors (Lipinski definition) is 2. The van der Waals surface area contributed by atoms with Crippen molar-refractivity contribution in [2.75, 3.05) is 6.54 Å². The van der Waals surface area contributed by atoms with Crippen LogP contribution in [0, 0.1) is 0 Å². The minimum Gasteiger partial charge on any atom is -0.350 e. The normalized spacial score (nSPS) is 13.2. The molecule has 16 heavy (non-hydrogen) atoms. The summed E-state index contributed by atoms with van der Waals surface area (Å²) in [5.41, 5.74) is 14.2. The molecule has 0 saturated heterocycles. The van der Waals surface area contributed by atoms with Gasteiger partial charge in [0, 0.05) is 30.2 Å². The van der Waals surface area contributed by atoms with E-state index in [1.807, 2.05) is 0 Å². The first-order valence-corrected chi connectivity index (χ1v) is 5.73. The maximum Gasteiger partial charge on any atom is 0.0481 e. The van der Waals surface area contributed by atoms with Gasteiger partial charge >= 0.3 is 0 Å². The summed E-state index contributed by atoms with van der Waals surface area (Å²) in [6, 6.07) is 8.45. The van der Waals surface area contributed by atoms with Crippen molar-refractivity contribution in [3.8, 4) is 0 Å². The van der Waals surface area contributed by atoms with Crippen molar-refractivity contribution in [1.29, 1.82) is 0 Å². The first kappa shape index (κ1) is 11.2. The smallest absolute Gasteiger partial charge is 0.0481 e. The van der Waals surface area contributed by atoms with Crippen molar-refractivity contribution in [3.63, 3.8) is 0 Å². The molecule has 4 N–H and O–H groups in total. The molecule has 0 spiro atoms. The number of aryl methyl sites for hydroxylation is 1. The number of hydrogen-bond donors (Lipinski definition) is 2. The molecule has 0 aliphatic carbocycles. The summed E-state index contributed by atoms with van der Waals surface area (Å²) >= 11 is 0. The zero-order chi connectivity index (χ0) is 11.5. The second-order valence-electron chi connectivity index (χ2n) is 4.25. The van der Waals surface area contributed by atoms with Crippen molar-refractivity contribution < 1.29 is 0 Å². The molecule has 1 aromatic heterocycles. The zero-order valence-electron chi connectivity index (χ0n) is 9.69. The fourth-order valence-corrected chi connectivity index (χ4v) is 2.16. The summed E-state index contributed by atoms with van der Waals surface area (Å²) < 4.78 is 2.13. The van der Waals surface area contributed by atoms with Crippen LogP contribution < -0.4 is 11.5 Å². The highest BCUT2D eigenvalue weighted by Crippen LogP contribution is 2.26. The Morgan fingerprint density at radius 1 is 1.31 bits per heavy atom. The lowest BCUT2D eigenvalue weighted by Crippen LogP contribution is -2.12. The number of benzene rings is 1. The first-order chi connectivity index (χ1) is 7.74. The highest BCUT2D eigenvalue weighted by molar-refractivity contribution is 5.84. The lowest BCUT2D eigenvalue weighted by atomic mass is 10.0. The van der Waals surface area contributed by atoms with Gasteiger partial charge in [0.05, 0.1) is 0 Å². The molecule has 86 valence electrons. The molecular formula is C13H19N3. The van der Waals surface area contributed by atoms with Gasteiger partial charge in [-0.05, 0) is 31.0 Å². The Labute approximate surface area is 96.0 Å². The predicted molar refractivity (Wildman–Crippen MR) is 68.1 cm³/mol. The van der Waals surface area contributed by atoms with Crippen LogP contribution in [0.5, 0.6) is 0 Å². The molecule has 0 saturated carbocycles. The Bertz CT molecular complexity index is 473. The van der Waals surface area contributed by atoms with E-state index in [9.17, 15) is 0 Å². The summed E-state index contributed by atoms with van der Waals surface area (Å²) in [7, 11) is 2.06. The molecule has 3 nitrogen and oxygen atoms in total. The topological polar surface area (TPSA) is 57.0 Å². The van der Waals surface area contributed by atoms with Gasteiger partial charge in [-0.2, -0.15) is 0 Å². The molecule has 2 aromatic rings. The van der Waals surface area contributed by atoms with Gasteiger partial charge in [-0.15, -0.1) is 0 Å². The van der Waals surface area contributed by atoms with Gasteiger partial charge in [0.2, 0.25) is 0 Å². The lowest BCUT2D eigenvalue weighted by molar-refractivity contribution is 0.620. The van der Waals surface area contributed by atoms with Crippen molar-refractivity contribution in [2.24, 2.45) is 18.5 Å². The number of aromatic nitrogens is 1. The van der Waals surface area contributed by atoms with E-state index in [0.717, 1.165) is 12.8 Å². The summed E-state index contributed by atoms with van der Waals surface area (Å²) in [5, 5.41) is 1.26. The van der Waals surface area contributed by atoms with E-state index in [-0.39, 0.29) is 6.04 Å². The van der Waals surface area contributed by atoms with Crippen LogP contribution in [0.1, 0.15) is 24.4 Å². The van der Waals surface area contributed by atoms with E-state index in [1.54, 1.807) is 0 Å². The van der Waals surface area contributed by atoms with Gasteiger partial charge in [-0.1, -0.05) is 18.2 Å². The van der Waals surface area contributed by atoms with Gasteiger partial charge in [-0.3, -0.25) is 0 Å². The molecule has 0 aliphatic rings. The maximum absolute atomic E-state index is 6.19. The molecule has 3 heteroatoms. The van der Waals surface area contributed by atoms with Crippen molar-refractivity contribution in [1.82, 2.24) is 4.57 Å². The number of rotatable bonds is 4. The van der Waals surface area contributed by atoms with E-state index in [4.69, 9.17) is 11.5 Å². The number of para-hydroxylation sites is 1. The van der Waals surface area contributed by atoms with Gasteiger partial charge < -0.3 is 16.0 Å². The predicted octanol–water partition coefficient (Wildman–Crippen LogP) is 1.92. The minimum atomic E-state index is 0.0923. The Morgan fingerprint density at radius 3 is 2.81 bits per heavy atom. The van der Waals surface area contributed by atoms with Gasteiger partial charge in [0.15, 0.2) is 0 Å². The third-order valence-electron chi connectivity index (χ3n) is 3.05. The van der Waals surface area contributed by atoms with Crippen LogP contribution in [0.2, 0.25) is 0 Å². The number of nitrogens with two attached hydrogens (primary N) is 2. The Balaban J connectivity index is 2.37. The summed E-state index contributed by atoms with van der Waals surface area (Å²) in [4.78, 5) is 0. The van der Waals surface area contributed by atoms with Crippen LogP contribution in [-0.4, -0.2) is 11.1 Å². The Hall–Kier alpha value is -1.32. The van der Waals surface area contributed by atoms with E-state index in [1.165, 1.54) is 16.5 Å². The number of nitrogens with zero attached hydrogens (tertiary/aromatic N) is 1. The minimum absolute atomic E-state index is 0.0923. The molecule has 0 amide bonds. The molecule has 0 fully saturated rings. The van der Waals surface area contributed by atoms with Gasteiger partial charge in [0.1, 0.15) is 0 Å². The molecule has 1 atom stereocenters. The molecule has 0 bridgehead atoms. The molecular weight excluding hydrogens is 198 g/mol. The standard InChI is InChI=1S/C13H19N3/c1-16-9-11(12(15)6-4-8-14)10-5-2-3-7-13(10)16/h2-3,5,7,9,12H,4,6,8,14-15H2,1H3/t12-/m0/s1. The highest BCUT2D eigenvalue weighted by atomic mass is 14.9. The molecule has 2 rings (SSSR count). The molecule has 0 radical (unpaired) electrons. The van der Waals surface area contributed by atoms with Crippen LogP contribution in [0.25, 0.3) is 10.9 Å². The molecule has 0 unspecified atom stereocenters. The fourth-order valence-electron chi connectivity index (χ4n) is 2.16. The lowest BCUT2D eigenvalue weighted by Gasteiger charge is -2.09. The van der Waals surface area contributed by atoms with Crippen LogP contribution in [0.15, 0.2) is 30.5 Å². The van der Waals surface area contributed by atoms with Gasteiger partial charge in [-0.25, -0.2) is 0 Å². The van der Waals surface area contributed by atoms with Crippen LogP contribution in [-0.2, 0) is 7.05 Å². The summed E-state index contributed by atoms with van der Waals surface area (Å²) in [6.07, 6.45) is 4.06. The van der Waals surface area contributed by atoms with Crippen molar-refractivity contribution >= 4 is 10.9 Å². The van der Waals surface area contributed by atoms with Crippen LogP contribution in [0.4, 0.5) is 0 Å². The highest BCUT2D eigenvalue weighted by Gasteiger charge is 2.12. The average molecular weight is 217 g/mol. The zero-order valence-corrected chi connectivity index (χ0v) is 9.69. The molecule has 0 aliphatic heterocycles. The molecule has 1 heterocycles. The average Bonchev–Trinajstić information content (AvgIpc) is 2.65. The van der Waals surface area contributed by atoms with Crippen LogP contribution >= 0.6 is 0 Å². The van der Waals surface area contributed by atoms with E-state index >= 15 is 0 Å². The maximum atomic E-state index is 6.19. The van der Waals surface area contributed by atoms with Crippen molar-refractivity contribution in [3.05, 3.63) is 36.0 Å². The fraction of sp³-hybridized carbons (Fsp3) is 0.385. The van der Waals surface area contributed by atoms with E-state index in [0.29, 0.717) is 6.54 Å². The molecule has 1 aromatic carbocycles. The van der Waals surface area contributed by atoms with E-state index < -0.39 is 0 Å². The van der Waals surface area contributed by atoms with E-state index in [2.05, 4.69) is 42.1 Å². The third-order valence-corrected chi connectivity index (χ3v) is 3.05. The second-order valence-corrected chi connectivity index (χ2v) is 4.25. The summed E-state index contributed by atoms with van der Waals surface area (Å²) in [6.45, 7) is 0.707. The van der Waals surface area contributed by atoms with Crippen LogP contribution in [0.3, 0.4) is 0 Å². The second kappa shape index (κ2) is 4.68. The summed E-state index contributed by atoms with van der Waals surface area (Å²) in [5.74, 6) is 0. The number of fused-ring (bicyclic) bond motifs is 1. The quantitative estimate of drug-likeness (QED) is 0.822. The first-order valence-electron chi connectivity index (χ1n) is 5.73.